The summed E-state index contributed by atoms with van der Waals surface area (Å²) in [5.74, 6) is 0. The van der Waals surface area contributed by atoms with Crippen LogP contribution in [0.2, 0.25) is 0 Å². The van der Waals surface area contributed by atoms with E-state index in [1.807, 2.05) is 36.4 Å². The average Bonchev–Trinajstić information content (AvgIpc) is 2.34. The Balaban J connectivity index is 2.19. The minimum atomic E-state index is -0.396. The van der Waals surface area contributed by atoms with Crippen LogP contribution < -0.4 is 11.1 Å². The number of hydrogen-bond donors (Lipinski definition) is 2. The molecule has 3 N–H and O–H groups in total. The van der Waals surface area contributed by atoms with Crippen molar-refractivity contribution in [2.24, 2.45) is 5.41 Å². The second-order valence-corrected chi connectivity index (χ2v) is 5.79. The highest BCUT2D eigenvalue weighted by Gasteiger charge is 2.04. The molecule has 1 aromatic carbocycles. The Hall–Kier alpha value is -1.97. The molecule has 0 spiro atoms. The van der Waals surface area contributed by atoms with E-state index >= 15 is 0 Å². The van der Waals surface area contributed by atoms with Gasteiger partial charge in [0.15, 0.2) is 0 Å². The molecule has 110 valence electrons. The molecule has 0 aromatic heterocycles. The van der Waals surface area contributed by atoms with Crippen molar-refractivity contribution in [3.05, 3.63) is 42.0 Å². The Labute approximate surface area is 121 Å². The summed E-state index contributed by atoms with van der Waals surface area (Å²) in [6.45, 7) is 7.10. The third-order valence-electron chi connectivity index (χ3n) is 2.56. The fraction of sp³-hybridized carbons (Fsp3) is 0.438. The second-order valence-electron chi connectivity index (χ2n) is 5.79. The van der Waals surface area contributed by atoms with Crippen molar-refractivity contribution in [1.29, 1.82) is 0 Å². The number of hydrogen-bond acceptors (Lipinski definition) is 3. The molecule has 0 aliphatic rings. The molecule has 20 heavy (non-hydrogen) atoms. The number of anilines is 1. The number of rotatable bonds is 5. The van der Waals surface area contributed by atoms with Gasteiger partial charge in [-0.3, -0.25) is 0 Å². The van der Waals surface area contributed by atoms with Gasteiger partial charge in [-0.2, -0.15) is 0 Å². The molecular formula is C16H24N2O2. The minimum Gasteiger partial charge on any atom is -0.445 e. The Bertz CT molecular complexity index is 462. The monoisotopic (exact) mass is 276 g/mol. The van der Waals surface area contributed by atoms with E-state index in [2.05, 4.69) is 26.1 Å². The fourth-order valence-electron chi connectivity index (χ4n) is 1.63. The van der Waals surface area contributed by atoms with Gasteiger partial charge in [0, 0.05) is 12.2 Å². The third kappa shape index (κ3) is 7.46. The van der Waals surface area contributed by atoms with Crippen molar-refractivity contribution < 1.29 is 9.53 Å². The van der Waals surface area contributed by atoms with Crippen LogP contribution in [-0.2, 0) is 11.2 Å². The minimum absolute atomic E-state index is 0.104. The Morgan fingerprint density at radius 1 is 1.40 bits per heavy atom. The van der Waals surface area contributed by atoms with Crippen molar-refractivity contribution in [1.82, 2.24) is 5.32 Å². The van der Waals surface area contributed by atoms with Gasteiger partial charge >= 0.3 is 6.09 Å². The fourth-order valence-corrected chi connectivity index (χ4v) is 1.63. The van der Waals surface area contributed by atoms with E-state index in [-0.39, 0.29) is 5.41 Å². The first-order valence-electron chi connectivity index (χ1n) is 6.79. The summed E-state index contributed by atoms with van der Waals surface area (Å²) in [5, 5.41) is 2.71. The van der Waals surface area contributed by atoms with Crippen LogP contribution >= 0.6 is 0 Å². The molecule has 4 heteroatoms. The predicted molar refractivity (Wildman–Crippen MR) is 82.5 cm³/mol. The third-order valence-corrected chi connectivity index (χ3v) is 2.56. The zero-order valence-corrected chi connectivity index (χ0v) is 12.5. The molecule has 0 saturated carbocycles. The summed E-state index contributed by atoms with van der Waals surface area (Å²) < 4.78 is 5.04. The molecule has 0 heterocycles. The Morgan fingerprint density at radius 2 is 2.15 bits per heavy atom. The van der Waals surface area contributed by atoms with E-state index in [1.54, 1.807) is 0 Å². The van der Waals surface area contributed by atoms with Crippen molar-refractivity contribution in [3.8, 4) is 0 Å². The van der Waals surface area contributed by atoms with E-state index in [1.165, 1.54) is 0 Å². The predicted octanol–water partition coefficient (Wildman–Crippen LogP) is 3.14. The van der Waals surface area contributed by atoms with Crippen LogP contribution in [0.4, 0.5) is 10.5 Å². The molecule has 0 saturated heterocycles. The summed E-state index contributed by atoms with van der Waals surface area (Å²) in [6.07, 6.45) is 4.22. The maximum atomic E-state index is 11.4. The number of carbonyl (C=O) groups excluding carboxylic acids is 1. The largest absolute Gasteiger partial charge is 0.445 e. The van der Waals surface area contributed by atoms with Crippen molar-refractivity contribution >= 4 is 11.8 Å². The topological polar surface area (TPSA) is 64.3 Å². The van der Waals surface area contributed by atoms with E-state index in [0.29, 0.717) is 13.2 Å². The number of nitrogens with two attached hydrogens (primary N) is 1. The molecule has 0 aliphatic carbocycles. The van der Waals surface area contributed by atoms with Crippen LogP contribution in [0.5, 0.6) is 0 Å². The number of nitrogen functional groups attached to an aromatic ring is 1. The van der Waals surface area contributed by atoms with Gasteiger partial charge in [0.05, 0.1) is 0 Å². The number of benzene rings is 1. The summed E-state index contributed by atoms with van der Waals surface area (Å²) in [7, 11) is 0. The first-order chi connectivity index (χ1) is 9.37. The smallest absolute Gasteiger partial charge is 0.407 e. The number of amides is 1. The van der Waals surface area contributed by atoms with Crippen LogP contribution in [0.3, 0.4) is 0 Å². The lowest BCUT2D eigenvalue weighted by Crippen LogP contribution is -2.26. The van der Waals surface area contributed by atoms with Crippen LogP contribution in [-0.4, -0.2) is 19.2 Å². The van der Waals surface area contributed by atoms with E-state index in [4.69, 9.17) is 10.5 Å². The molecule has 0 fully saturated rings. The molecule has 1 amide bonds. The molecule has 0 unspecified atom stereocenters. The lowest BCUT2D eigenvalue weighted by molar-refractivity contribution is 0.158. The van der Waals surface area contributed by atoms with Crippen molar-refractivity contribution in [3.63, 3.8) is 0 Å². The van der Waals surface area contributed by atoms with Gasteiger partial charge in [-0.25, -0.2) is 4.79 Å². The maximum Gasteiger partial charge on any atom is 0.407 e. The van der Waals surface area contributed by atoms with E-state index < -0.39 is 6.09 Å². The van der Waals surface area contributed by atoms with Crippen LogP contribution in [0.25, 0.3) is 0 Å². The second kappa shape index (κ2) is 7.58. The normalized spacial score (nSPS) is 11.6. The summed E-state index contributed by atoms with van der Waals surface area (Å²) in [5.41, 5.74) is 7.62. The van der Waals surface area contributed by atoms with Crippen LogP contribution in [0.1, 0.15) is 26.3 Å². The molecule has 4 nitrogen and oxygen atoms in total. The number of carbonyl (C=O) groups is 1. The molecule has 1 rings (SSSR count). The van der Waals surface area contributed by atoms with E-state index in [9.17, 15) is 4.79 Å². The molecule has 0 atom stereocenters. The molecular weight excluding hydrogens is 252 g/mol. The molecule has 1 aromatic rings. The number of alkyl carbamates (subject to hydrolysis) is 1. The lowest BCUT2D eigenvalue weighted by Gasteiger charge is -2.11. The molecule has 0 bridgehead atoms. The highest BCUT2D eigenvalue weighted by Crippen LogP contribution is 2.13. The van der Waals surface area contributed by atoms with Gasteiger partial charge in [0.2, 0.25) is 0 Å². The maximum absolute atomic E-state index is 11.4. The van der Waals surface area contributed by atoms with Crippen molar-refractivity contribution in [2.75, 3.05) is 18.9 Å². The summed E-state index contributed by atoms with van der Waals surface area (Å²) in [6, 6.07) is 7.63. The zero-order chi connectivity index (χ0) is 15.0. The lowest BCUT2D eigenvalue weighted by atomic mass is 9.96. The number of ether oxygens (including phenoxy) is 1. The van der Waals surface area contributed by atoms with Gasteiger partial charge < -0.3 is 15.8 Å². The first kappa shape index (κ1) is 16.1. The highest BCUT2D eigenvalue weighted by atomic mass is 16.5. The molecule has 0 radical (unpaired) electrons. The summed E-state index contributed by atoms with van der Waals surface area (Å²) in [4.78, 5) is 11.4. The number of allylic oxidation sites excluding steroid dienone is 1. The standard InChI is InChI=1S/C16H24N2O2/c1-16(2,3)9-5-11-20-15(19)18-10-8-13-6-4-7-14(17)12-13/h4-7,9,12H,8,10-11,17H2,1-3H3,(H,18,19). The van der Waals surface area contributed by atoms with Gasteiger partial charge in [-0.05, 0) is 29.5 Å². The van der Waals surface area contributed by atoms with Crippen molar-refractivity contribution in [2.45, 2.75) is 27.2 Å². The Kier molecular flexibility index (Phi) is 6.10. The van der Waals surface area contributed by atoms with E-state index in [0.717, 1.165) is 17.7 Å². The average molecular weight is 276 g/mol. The van der Waals surface area contributed by atoms with Crippen LogP contribution in [0.15, 0.2) is 36.4 Å². The first-order valence-corrected chi connectivity index (χ1v) is 6.79. The quantitative estimate of drug-likeness (QED) is 0.641. The van der Waals surface area contributed by atoms with Crippen LogP contribution in [0, 0.1) is 5.41 Å². The van der Waals surface area contributed by atoms with Gasteiger partial charge in [0.25, 0.3) is 0 Å². The number of nitrogens with one attached hydrogen (secondary N) is 1. The highest BCUT2D eigenvalue weighted by molar-refractivity contribution is 5.67. The Morgan fingerprint density at radius 3 is 2.80 bits per heavy atom. The zero-order valence-electron chi connectivity index (χ0n) is 12.5. The SMILES string of the molecule is CC(C)(C)C=CCOC(=O)NCCc1cccc(N)c1. The summed E-state index contributed by atoms with van der Waals surface area (Å²) >= 11 is 0. The van der Waals surface area contributed by atoms with Gasteiger partial charge in [-0.15, -0.1) is 0 Å². The van der Waals surface area contributed by atoms with Gasteiger partial charge in [-0.1, -0.05) is 45.1 Å². The van der Waals surface area contributed by atoms with Gasteiger partial charge in [0.1, 0.15) is 6.61 Å². The molecule has 0 aliphatic heterocycles.